The molecule has 0 aliphatic heterocycles. The van der Waals surface area contributed by atoms with Crippen molar-refractivity contribution in [1.29, 1.82) is 0 Å². The van der Waals surface area contributed by atoms with Gasteiger partial charge >= 0.3 is 0 Å². The molecule has 1 amide bonds. The number of hydrogen-bond donors (Lipinski definition) is 2. The number of rotatable bonds is 3. The van der Waals surface area contributed by atoms with Crippen LogP contribution in [0.5, 0.6) is 5.75 Å². The van der Waals surface area contributed by atoms with E-state index in [0.29, 0.717) is 10.0 Å². The highest BCUT2D eigenvalue weighted by molar-refractivity contribution is 6.31. The Kier molecular flexibility index (Phi) is 4.53. The Labute approximate surface area is 127 Å². The molecule has 2 rings (SSSR count). The van der Waals surface area contributed by atoms with Crippen molar-refractivity contribution in [3.8, 4) is 5.75 Å². The maximum absolute atomic E-state index is 12.1. The fraction of sp³-hybridized carbons (Fsp3) is 0.133. The van der Waals surface area contributed by atoms with Crippen LogP contribution in [-0.4, -0.2) is 11.0 Å². The second kappa shape index (κ2) is 6.16. The zero-order valence-corrected chi connectivity index (χ0v) is 12.2. The lowest BCUT2D eigenvalue weighted by Crippen LogP contribution is -2.26. The third kappa shape index (κ3) is 3.24. The molecule has 1 unspecified atom stereocenters. The molecule has 2 N–H and O–H groups in total. The minimum atomic E-state index is -0.383. The SMILES string of the molecule is CC(NC(=O)c1ccc(Cl)cc1O)c1ccccc1Cl. The second-order valence-corrected chi connectivity index (χ2v) is 5.22. The Balaban J connectivity index is 2.17. The minimum Gasteiger partial charge on any atom is -0.507 e. The molecule has 1 atom stereocenters. The summed E-state index contributed by atoms with van der Waals surface area (Å²) in [6.07, 6.45) is 0. The Bertz CT molecular complexity index is 644. The monoisotopic (exact) mass is 309 g/mol. The molecule has 5 heteroatoms. The number of phenolic OH excluding ortho intramolecular Hbond substituents is 1. The summed E-state index contributed by atoms with van der Waals surface area (Å²) in [6.45, 7) is 1.83. The number of carbonyl (C=O) groups excluding carboxylic acids is 1. The van der Waals surface area contributed by atoms with Gasteiger partial charge < -0.3 is 10.4 Å². The molecule has 0 fully saturated rings. The van der Waals surface area contributed by atoms with Gasteiger partial charge in [-0.25, -0.2) is 0 Å². The van der Waals surface area contributed by atoms with Crippen LogP contribution >= 0.6 is 23.2 Å². The molecule has 3 nitrogen and oxygen atoms in total. The van der Waals surface area contributed by atoms with Gasteiger partial charge in [0.2, 0.25) is 0 Å². The third-order valence-electron chi connectivity index (χ3n) is 2.92. The van der Waals surface area contributed by atoms with Crippen molar-refractivity contribution in [2.24, 2.45) is 0 Å². The highest BCUT2D eigenvalue weighted by atomic mass is 35.5. The summed E-state index contributed by atoms with van der Waals surface area (Å²) in [5.74, 6) is -0.534. The van der Waals surface area contributed by atoms with E-state index < -0.39 is 0 Å². The smallest absolute Gasteiger partial charge is 0.255 e. The first-order valence-corrected chi connectivity index (χ1v) is 6.78. The maximum atomic E-state index is 12.1. The van der Waals surface area contributed by atoms with Crippen LogP contribution in [0.2, 0.25) is 10.0 Å². The summed E-state index contributed by atoms with van der Waals surface area (Å²) < 4.78 is 0. The Morgan fingerprint density at radius 1 is 1.20 bits per heavy atom. The van der Waals surface area contributed by atoms with Gasteiger partial charge in [0.25, 0.3) is 5.91 Å². The van der Waals surface area contributed by atoms with Gasteiger partial charge in [0.15, 0.2) is 0 Å². The minimum absolute atomic E-state index is 0.152. The van der Waals surface area contributed by atoms with Crippen molar-refractivity contribution in [3.05, 3.63) is 63.6 Å². The van der Waals surface area contributed by atoms with Crippen molar-refractivity contribution >= 4 is 29.1 Å². The van der Waals surface area contributed by atoms with Gasteiger partial charge in [0.1, 0.15) is 5.75 Å². The van der Waals surface area contributed by atoms with Gasteiger partial charge in [0, 0.05) is 10.0 Å². The second-order valence-electron chi connectivity index (χ2n) is 4.38. The van der Waals surface area contributed by atoms with E-state index in [1.807, 2.05) is 25.1 Å². The van der Waals surface area contributed by atoms with Gasteiger partial charge in [-0.15, -0.1) is 0 Å². The van der Waals surface area contributed by atoms with Crippen molar-refractivity contribution in [2.75, 3.05) is 0 Å². The van der Waals surface area contributed by atoms with Gasteiger partial charge in [-0.2, -0.15) is 0 Å². The van der Waals surface area contributed by atoms with Crippen molar-refractivity contribution < 1.29 is 9.90 Å². The topological polar surface area (TPSA) is 49.3 Å². The van der Waals surface area contributed by atoms with Crippen LogP contribution in [0.25, 0.3) is 0 Å². The normalized spacial score (nSPS) is 11.9. The predicted molar refractivity (Wildman–Crippen MR) is 80.5 cm³/mol. The Morgan fingerprint density at radius 3 is 2.55 bits per heavy atom. The van der Waals surface area contributed by atoms with Crippen LogP contribution in [-0.2, 0) is 0 Å². The molecule has 0 radical (unpaired) electrons. The molecule has 0 bridgehead atoms. The van der Waals surface area contributed by atoms with E-state index >= 15 is 0 Å². The highest BCUT2D eigenvalue weighted by Gasteiger charge is 2.16. The van der Waals surface area contributed by atoms with E-state index in [9.17, 15) is 9.90 Å². The number of hydrogen-bond acceptors (Lipinski definition) is 2. The molecule has 20 heavy (non-hydrogen) atoms. The first-order chi connectivity index (χ1) is 9.49. The zero-order chi connectivity index (χ0) is 14.7. The van der Waals surface area contributed by atoms with Crippen LogP contribution in [0.3, 0.4) is 0 Å². The Hall–Kier alpha value is -1.71. The van der Waals surface area contributed by atoms with Crippen LogP contribution in [0.4, 0.5) is 0 Å². The number of halogens is 2. The molecule has 104 valence electrons. The fourth-order valence-corrected chi connectivity index (χ4v) is 2.34. The molecule has 0 saturated carbocycles. The number of nitrogens with one attached hydrogen (secondary N) is 1. The standard InChI is InChI=1S/C15H13Cl2NO2/c1-9(11-4-2-3-5-13(11)17)18-15(20)12-7-6-10(16)8-14(12)19/h2-9,19H,1H3,(H,18,20). The number of benzene rings is 2. The summed E-state index contributed by atoms with van der Waals surface area (Å²) >= 11 is 11.8. The lowest BCUT2D eigenvalue weighted by atomic mass is 10.1. The van der Waals surface area contributed by atoms with Crippen molar-refractivity contribution in [3.63, 3.8) is 0 Å². The summed E-state index contributed by atoms with van der Waals surface area (Å²) in [4.78, 5) is 12.1. The number of carbonyl (C=O) groups is 1. The lowest BCUT2D eigenvalue weighted by Gasteiger charge is -2.16. The number of amides is 1. The molecule has 2 aromatic rings. The first-order valence-electron chi connectivity index (χ1n) is 6.03. The van der Waals surface area contributed by atoms with Gasteiger partial charge in [-0.1, -0.05) is 41.4 Å². The number of aromatic hydroxyl groups is 1. The van der Waals surface area contributed by atoms with Crippen LogP contribution in [0.1, 0.15) is 28.9 Å². The maximum Gasteiger partial charge on any atom is 0.255 e. The van der Waals surface area contributed by atoms with Crippen molar-refractivity contribution in [2.45, 2.75) is 13.0 Å². The van der Waals surface area contributed by atoms with E-state index in [4.69, 9.17) is 23.2 Å². The molecule has 0 saturated heterocycles. The van der Waals surface area contributed by atoms with Gasteiger partial charge in [-0.05, 0) is 36.8 Å². The molecule has 0 aliphatic rings. The number of phenols is 1. The van der Waals surface area contributed by atoms with E-state index in [0.717, 1.165) is 5.56 Å². The average molecular weight is 310 g/mol. The molecule has 0 aliphatic carbocycles. The molecule has 0 aromatic heterocycles. The summed E-state index contributed by atoms with van der Waals surface area (Å²) in [5.41, 5.74) is 0.990. The summed E-state index contributed by atoms with van der Waals surface area (Å²) in [6, 6.07) is 11.4. The molecular weight excluding hydrogens is 297 g/mol. The average Bonchev–Trinajstić information content (AvgIpc) is 2.38. The van der Waals surface area contributed by atoms with Crippen molar-refractivity contribution in [1.82, 2.24) is 5.32 Å². The first kappa shape index (κ1) is 14.7. The molecule has 0 spiro atoms. The van der Waals surface area contributed by atoms with Crippen LogP contribution in [0, 0.1) is 0 Å². The third-order valence-corrected chi connectivity index (χ3v) is 3.50. The van der Waals surface area contributed by atoms with E-state index in [1.54, 1.807) is 12.1 Å². The van der Waals surface area contributed by atoms with Crippen LogP contribution < -0.4 is 5.32 Å². The quantitative estimate of drug-likeness (QED) is 0.893. The molecule has 0 heterocycles. The van der Waals surface area contributed by atoms with E-state index in [1.165, 1.54) is 12.1 Å². The summed E-state index contributed by atoms with van der Waals surface area (Å²) in [5, 5.41) is 13.5. The van der Waals surface area contributed by atoms with E-state index in [2.05, 4.69) is 5.32 Å². The Morgan fingerprint density at radius 2 is 1.90 bits per heavy atom. The van der Waals surface area contributed by atoms with Crippen LogP contribution in [0.15, 0.2) is 42.5 Å². The van der Waals surface area contributed by atoms with Gasteiger partial charge in [-0.3, -0.25) is 4.79 Å². The molecular formula is C15H13Cl2NO2. The summed E-state index contributed by atoms with van der Waals surface area (Å²) in [7, 11) is 0. The lowest BCUT2D eigenvalue weighted by molar-refractivity contribution is 0.0937. The fourth-order valence-electron chi connectivity index (χ4n) is 1.88. The van der Waals surface area contributed by atoms with E-state index in [-0.39, 0.29) is 23.3 Å². The largest absolute Gasteiger partial charge is 0.507 e. The zero-order valence-electron chi connectivity index (χ0n) is 10.7. The molecule has 2 aromatic carbocycles. The highest BCUT2D eigenvalue weighted by Crippen LogP contribution is 2.25. The van der Waals surface area contributed by atoms with Gasteiger partial charge in [0.05, 0.1) is 11.6 Å². The predicted octanol–water partition coefficient (Wildman–Crippen LogP) is 4.19.